The highest BCUT2D eigenvalue weighted by Gasteiger charge is 2.16. The van der Waals surface area contributed by atoms with E-state index >= 15 is 0 Å². The Hall–Kier alpha value is -1.78. The van der Waals surface area contributed by atoms with Gasteiger partial charge in [0, 0.05) is 10.8 Å². The second-order valence-electron chi connectivity index (χ2n) is 4.18. The van der Waals surface area contributed by atoms with E-state index in [4.69, 9.17) is 4.42 Å². The summed E-state index contributed by atoms with van der Waals surface area (Å²) in [6.07, 6.45) is 0. The van der Waals surface area contributed by atoms with Crippen LogP contribution in [0.15, 0.2) is 40.8 Å². The highest BCUT2D eigenvalue weighted by atomic mass is 16.4. The maximum Gasteiger partial charge on any atom is 0.488 e. The smallest absolute Gasteiger partial charge is 0.456 e. The Morgan fingerprint density at radius 2 is 1.82 bits per heavy atom. The van der Waals surface area contributed by atoms with Gasteiger partial charge in [-0.15, -0.1) is 0 Å². The Bertz CT molecular complexity index is 700. The summed E-state index contributed by atoms with van der Waals surface area (Å²) in [6, 6.07) is 11.2. The third-order valence-corrected chi connectivity index (χ3v) is 3.00. The van der Waals surface area contributed by atoms with Gasteiger partial charge in [0.2, 0.25) is 0 Å². The lowest BCUT2D eigenvalue weighted by Crippen LogP contribution is -2.29. The lowest BCUT2D eigenvalue weighted by Gasteiger charge is -2.02. The normalized spacial score (nSPS) is 11.2. The minimum atomic E-state index is -1.47. The summed E-state index contributed by atoms with van der Waals surface area (Å²) in [5.41, 5.74) is 2.94. The van der Waals surface area contributed by atoms with Crippen molar-refractivity contribution in [2.45, 2.75) is 6.92 Å². The molecule has 17 heavy (non-hydrogen) atoms. The molecule has 0 saturated heterocycles. The van der Waals surface area contributed by atoms with E-state index in [9.17, 15) is 10.0 Å². The zero-order valence-corrected chi connectivity index (χ0v) is 9.34. The third-order valence-electron chi connectivity index (χ3n) is 3.00. The van der Waals surface area contributed by atoms with Gasteiger partial charge in [-0.1, -0.05) is 24.3 Å². The summed E-state index contributed by atoms with van der Waals surface area (Å²) in [7, 11) is -1.47. The van der Waals surface area contributed by atoms with Crippen molar-refractivity contribution in [2.75, 3.05) is 0 Å². The standard InChI is InChI=1S/C13H11BO3/c1-8-6-9(14(15)16)7-12-13(8)10-4-2-3-5-11(10)17-12/h2-7,15-16H,1H3. The van der Waals surface area contributed by atoms with E-state index in [0.717, 1.165) is 21.9 Å². The van der Waals surface area contributed by atoms with E-state index in [1.165, 1.54) is 0 Å². The molecule has 0 bridgehead atoms. The summed E-state index contributed by atoms with van der Waals surface area (Å²) in [6.45, 7) is 1.94. The average Bonchev–Trinajstić information content (AvgIpc) is 2.67. The molecular formula is C13H11BO3. The van der Waals surface area contributed by atoms with Crippen LogP contribution in [0.2, 0.25) is 0 Å². The number of hydrogen-bond acceptors (Lipinski definition) is 3. The second-order valence-corrected chi connectivity index (χ2v) is 4.18. The van der Waals surface area contributed by atoms with Gasteiger partial charge < -0.3 is 14.5 Å². The Morgan fingerprint density at radius 3 is 2.59 bits per heavy atom. The van der Waals surface area contributed by atoms with E-state index in [1.54, 1.807) is 12.1 Å². The van der Waals surface area contributed by atoms with Crippen LogP contribution in [0.5, 0.6) is 0 Å². The lowest BCUT2D eigenvalue weighted by atomic mass is 9.79. The fourth-order valence-corrected chi connectivity index (χ4v) is 2.24. The van der Waals surface area contributed by atoms with Crippen LogP contribution in [-0.4, -0.2) is 17.2 Å². The van der Waals surface area contributed by atoms with Crippen LogP contribution in [0.25, 0.3) is 21.9 Å². The van der Waals surface area contributed by atoms with Gasteiger partial charge in [0.25, 0.3) is 0 Å². The van der Waals surface area contributed by atoms with Crippen LogP contribution in [0.4, 0.5) is 0 Å². The third kappa shape index (κ3) is 1.53. The molecule has 3 aromatic rings. The molecule has 0 radical (unpaired) electrons. The van der Waals surface area contributed by atoms with Gasteiger partial charge >= 0.3 is 7.12 Å². The first-order valence-electron chi connectivity index (χ1n) is 5.45. The van der Waals surface area contributed by atoms with Gasteiger partial charge in [0.05, 0.1) is 0 Å². The molecule has 0 spiro atoms. The Morgan fingerprint density at radius 1 is 1.06 bits per heavy atom. The monoisotopic (exact) mass is 226 g/mol. The van der Waals surface area contributed by atoms with Crippen molar-refractivity contribution < 1.29 is 14.5 Å². The molecule has 3 rings (SSSR count). The first-order chi connectivity index (χ1) is 8.16. The predicted molar refractivity (Wildman–Crippen MR) is 68.3 cm³/mol. The molecule has 0 atom stereocenters. The number of hydrogen-bond donors (Lipinski definition) is 2. The number of rotatable bonds is 1. The van der Waals surface area contributed by atoms with Crippen molar-refractivity contribution in [1.29, 1.82) is 0 Å². The Labute approximate surface area is 98.4 Å². The van der Waals surface area contributed by atoms with Crippen LogP contribution < -0.4 is 5.46 Å². The van der Waals surface area contributed by atoms with E-state index in [2.05, 4.69) is 0 Å². The number of furan rings is 1. The molecular weight excluding hydrogens is 215 g/mol. The zero-order chi connectivity index (χ0) is 12.0. The zero-order valence-electron chi connectivity index (χ0n) is 9.34. The molecule has 0 aliphatic rings. The van der Waals surface area contributed by atoms with Crippen LogP contribution >= 0.6 is 0 Å². The Balaban J connectivity index is 2.44. The van der Waals surface area contributed by atoms with Crippen LogP contribution in [-0.2, 0) is 0 Å². The van der Waals surface area contributed by atoms with Gasteiger partial charge in [-0.25, -0.2) is 0 Å². The summed E-state index contributed by atoms with van der Waals surface area (Å²) < 4.78 is 5.70. The number of aryl methyl sites for hydroxylation is 1. The minimum absolute atomic E-state index is 0.453. The molecule has 2 N–H and O–H groups in total. The molecule has 0 unspecified atom stereocenters. The van der Waals surface area contributed by atoms with Crippen molar-refractivity contribution in [2.24, 2.45) is 0 Å². The van der Waals surface area contributed by atoms with Crippen molar-refractivity contribution in [3.8, 4) is 0 Å². The molecule has 84 valence electrons. The van der Waals surface area contributed by atoms with Gasteiger partial charge in [-0.3, -0.25) is 0 Å². The molecule has 3 nitrogen and oxygen atoms in total. The summed E-state index contributed by atoms with van der Waals surface area (Å²) in [5.74, 6) is 0. The minimum Gasteiger partial charge on any atom is -0.456 e. The van der Waals surface area contributed by atoms with Crippen molar-refractivity contribution in [3.63, 3.8) is 0 Å². The van der Waals surface area contributed by atoms with Gasteiger partial charge in [0.1, 0.15) is 11.2 Å². The summed E-state index contributed by atoms with van der Waals surface area (Å²) >= 11 is 0. The number of fused-ring (bicyclic) bond motifs is 3. The number of para-hydroxylation sites is 1. The fraction of sp³-hybridized carbons (Fsp3) is 0.0769. The molecule has 0 aliphatic heterocycles. The summed E-state index contributed by atoms with van der Waals surface area (Å²) in [5, 5.41) is 20.5. The van der Waals surface area contributed by atoms with Crippen LogP contribution in [0.3, 0.4) is 0 Å². The fourth-order valence-electron chi connectivity index (χ4n) is 2.24. The molecule has 0 saturated carbocycles. The van der Waals surface area contributed by atoms with Crippen molar-refractivity contribution in [3.05, 3.63) is 42.0 Å². The highest BCUT2D eigenvalue weighted by Crippen LogP contribution is 2.30. The first-order valence-corrected chi connectivity index (χ1v) is 5.45. The molecule has 0 amide bonds. The molecule has 2 aromatic carbocycles. The molecule has 0 fully saturated rings. The molecule has 0 aliphatic carbocycles. The SMILES string of the molecule is Cc1cc(B(O)O)cc2oc3ccccc3c12. The van der Waals surface area contributed by atoms with E-state index in [-0.39, 0.29) is 0 Å². The quantitative estimate of drug-likeness (QED) is 0.619. The number of benzene rings is 2. The topological polar surface area (TPSA) is 53.6 Å². The van der Waals surface area contributed by atoms with E-state index < -0.39 is 7.12 Å². The average molecular weight is 226 g/mol. The molecule has 1 aromatic heterocycles. The van der Waals surface area contributed by atoms with Crippen LogP contribution in [0.1, 0.15) is 5.56 Å². The maximum atomic E-state index is 9.20. The molecule has 1 heterocycles. The van der Waals surface area contributed by atoms with Gasteiger partial charge in [0.15, 0.2) is 0 Å². The molecule has 4 heteroatoms. The van der Waals surface area contributed by atoms with E-state index in [1.807, 2.05) is 31.2 Å². The predicted octanol–water partition coefficient (Wildman–Crippen LogP) is 1.57. The van der Waals surface area contributed by atoms with Gasteiger partial charge in [-0.2, -0.15) is 0 Å². The first kappa shape index (κ1) is 10.4. The maximum absolute atomic E-state index is 9.20. The van der Waals surface area contributed by atoms with Gasteiger partial charge in [-0.05, 0) is 30.1 Å². The van der Waals surface area contributed by atoms with E-state index in [0.29, 0.717) is 11.0 Å². The lowest BCUT2D eigenvalue weighted by molar-refractivity contribution is 0.425. The Kier molecular flexibility index (Phi) is 2.21. The highest BCUT2D eigenvalue weighted by molar-refractivity contribution is 6.59. The van der Waals surface area contributed by atoms with Crippen LogP contribution in [0, 0.1) is 6.92 Å². The second kappa shape index (κ2) is 3.62. The van der Waals surface area contributed by atoms with Crippen molar-refractivity contribution in [1.82, 2.24) is 0 Å². The summed E-state index contributed by atoms with van der Waals surface area (Å²) in [4.78, 5) is 0. The van der Waals surface area contributed by atoms with Crippen molar-refractivity contribution >= 4 is 34.5 Å². The largest absolute Gasteiger partial charge is 0.488 e.